The molecule has 1 atom stereocenters. The predicted octanol–water partition coefficient (Wildman–Crippen LogP) is 2.50. The van der Waals surface area contributed by atoms with Crippen LogP contribution in [0.15, 0.2) is 36.4 Å². The Hall–Kier alpha value is -3.11. The van der Waals surface area contributed by atoms with Gasteiger partial charge < -0.3 is 20.5 Å². The number of rotatable bonds is 7. The topological polar surface area (TPSA) is 90.9 Å². The summed E-state index contributed by atoms with van der Waals surface area (Å²) in [6.07, 6.45) is -0.283. The van der Waals surface area contributed by atoms with Crippen molar-refractivity contribution in [3.63, 3.8) is 0 Å². The monoisotopic (exact) mass is 437 g/mol. The van der Waals surface area contributed by atoms with Gasteiger partial charge in [-0.2, -0.15) is 0 Å². The molecule has 0 aromatic heterocycles. The Kier molecular flexibility index (Phi) is 7.48. The summed E-state index contributed by atoms with van der Waals surface area (Å²) in [5, 5.41) is 14.2. The number of morpholine rings is 1. The Balaban J connectivity index is 1.44. The number of halogens is 3. The number of carbonyl (C=O) groups is 2. The van der Waals surface area contributed by atoms with E-state index in [2.05, 4.69) is 10.6 Å². The number of ether oxygens (including phenoxy) is 1. The van der Waals surface area contributed by atoms with Crippen LogP contribution < -0.4 is 10.6 Å². The van der Waals surface area contributed by atoms with Gasteiger partial charge in [-0.15, -0.1) is 0 Å². The quantitative estimate of drug-likeness (QED) is 0.619. The van der Waals surface area contributed by atoms with Gasteiger partial charge in [0, 0.05) is 32.7 Å². The van der Waals surface area contributed by atoms with Gasteiger partial charge in [-0.25, -0.2) is 22.8 Å². The molecule has 1 saturated heterocycles. The Morgan fingerprint density at radius 3 is 2.52 bits per heavy atom. The molecule has 7 nitrogen and oxygen atoms in total. The fourth-order valence-corrected chi connectivity index (χ4v) is 3.24. The Morgan fingerprint density at radius 2 is 1.77 bits per heavy atom. The van der Waals surface area contributed by atoms with Crippen molar-refractivity contribution in [3.05, 3.63) is 70.5 Å². The molecule has 1 aliphatic heterocycles. The summed E-state index contributed by atoms with van der Waals surface area (Å²) in [4.78, 5) is 25.0. The van der Waals surface area contributed by atoms with E-state index in [-0.39, 0.29) is 19.2 Å². The number of aromatic carboxylic acids is 1. The maximum Gasteiger partial charge on any atom is 0.338 e. The summed E-state index contributed by atoms with van der Waals surface area (Å²) in [6, 6.07) is 6.89. The van der Waals surface area contributed by atoms with Gasteiger partial charge in [0.15, 0.2) is 11.6 Å². The van der Waals surface area contributed by atoms with Crippen molar-refractivity contribution in [2.45, 2.75) is 19.2 Å². The molecule has 2 aromatic carbocycles. The normalized spacial score (nSPS) is 16.7. The molecule has 166 valence electrons. The van der Waals surface area contributed by atoms with E-state index in [4.69, 9.17) is 9.84 Å². The summed E-state index contributed by atoms with van der Waals surface area (Å²) < 4.78 is 45.5. The van der Waals surface area contributed by atoms with Gasteiger partial charge in [0.1, 0.15) is 5.82 Å². The van der Waals surface area contributed by atoms with Crippen molar-refractivity contribution in [1.82, 2.24) is 15.5 Å². The van der Waals surface area contributed by atoms with Crippen molar-refractivity contribution < 1.29 is 32.6 Å². The first-order chi connectivity index (χ1) is 14.8. The summed E-state index contributed by atoms with van der Waals surface area (Å²) >= 11 is 0. The van der Waals surface area contributed by atoms with Crippen LogP contribution in [0.3, 0.4) is 0 Å². The number of carboxylic acids is 1. The minimum atomic E-state index is -1.38. The molecule has 1 heterocycles. The van der Waals surface area contributed by atoms with Crippen LogP contribution in [0.25, 0.3) is 0 Å². The highest BCUT2D eigenvalue weighted by Gasteiger charge is 2.21. The number of nitrogens with one attached hydrogen (secondary N) is 2. The lowest BCUT2D eigenvalue weighted by Gasteiger charge is -2.33. The van der Waals surface area contributed by atoms with Crippen LogP contribution in [-0.2, 0) is 17.8 Å². The van der Waals surface area contributed by atoms with E-state index in [1.807, 2.05) is 4.90 Å². The highest BCUT2D eigenvalue weighted by atomic mass is 19.2. The van der Waals surface area contributed by atoms with Gasteiger partial charge in [-0.05, 0) is 35.4 Å². The highest BCUT2D eigenvalue weighted by Crippen LogP contribution is 2.14. The van der Waals surface area contributed by atoms with Gasteiger partial charge in [0.25, 0.3) is 0 Å². The minimum Gasteiger partial charge on any atom is -0.478 e. The minimum absolute atomic E-state index is 0.0279. The third kappa shape index (κ3) is 6.43. The van der Waals surface area contributed by atoms with Crippen molar-refractivity contribution in [3.8, 4) is 0 Å². The van der Waals surface area contributed by atoms with Crippen LogP contribution in [0, 0.1) is 17.5 Å². The van der Waals surface area contributed by atoms with Gasteiger partial charge in [0.05, 0.1) is 18.3 Å². The fraction of sp³-hybridized carbons (Fsp3) is 0.333. The number of amides is 2. The van der Waals surface area contributed by atoms with Crippen LogP contribution in [0.5, 0.6) is 0 Å². The van der Waals surface area contributed by atoms with Crippen molar-refractivity contribution in [2.24, 2.45) is 0 Å². The predicted molar refractivity (Wildman–Crippen MR) is 105 cm³/mol. The van der Waals surface area contributed by atoms with Crippen LogP contribution in [0.1, 0.15) is 21.5 Å². The molecule has 0 saturated carbocycles. The standard InChI is InChI=1S/C21H22F3N3O4/c22-17-3-1-13(7-16(17)20(28)29)9-25-21(30)26-10-15-12-27(5-6-31-15)11-14-2-4-18(23)19(24)8-14/h1-4,7-8,15H,5-6,9-12H2,(H,28,29)(H2,25,26,30)/t15-/m0/s1. The van der Waals surface area contributed by atoms with Gasteiger partial charge in [0.2, 0.25) is 0 Å². The van der Waals surface area contributed by atoms with Gasteiger partial charge in [-0.3, -0.25) is 4.90 Å². The van der Waals surface area contributed by atoms with Crippen molar-refractivity contribution >= 4 is 12.0 Å². The molecule has 3 rings (SSSR count). The Bertz CT molecular complexity index is 957. The molecule has 31 heavy (non-hydrogen) atoms. The average molecular weight is 437 g/mol. The second-order valence-corrected chi connectivity index (χ2v) is 7.16. The van der Waals surface area contributed by atoms with Gasteiger partial charge in [-0.1, -0.05) is 12.1 Å². The van der Waals surface area contributed by atoms with Crippen molar-refractivity contribution in [1.29, 1.82) is 0 Å². The zero-order chi connectivity index (χ0) is 22.4. The average Bonchev–Trinajstić information content (AvgIpc) is 2.74. The third-order valence-electron chi connectivity index (χ3n) is 4.82. The van der Waals surface area contributed by atoms with Crippen LogP contribution in [0.2, 0.25) is 0 Å². The van der Waals surface area contributed by atoms with Crippen LogP contribution in [0.4, 0.5) is 18.0 Å². The molecule has 1 fully saturated rings. The Morgan fingerprint density at radius 1 is 1.03 bits per heavy atom. The highest BCUT2D eigenvalue weighted by molar-refractivity contribution is 5.88. The second-order valence-electron chi connectivity index (χ2n) is 7.16. The first-order valence-electron chi connectivity index (χ1n) is 9.63. The number of carbonyl (C=O) groups excluding carboxylic acids is 1. The van der Waals surface area contributed by atoms with E-state index in [1.165, 1.54) is 18.2 Å². The maximum atomic E-state index is 13.4. The van der Waals surface area contributed by atoms with E-state index in [9.17, 15) is 22.8 Å². The molecule has 0 bridgehead atoms. The van der Waals surface area contributed by atoms with Gasteiger partial charge >= 0.3 is 12.0 Å². The third-order valence-corrected chi connectivity index (χ3v) is 4.82. The van der Waals surface area contributed by atoms with Crippen LogP contribution >= 0.6 is 0 Å². The molecule has 2 amide bonds. The smallest absolute Gasteiger partial charge is 0.338 e. The van der Waals surface area contributed by atoms with Crippen molar-refractivity contribution in [2.75, 3.05) is 26.2 Å². The second kappa shape index (κ2) is 10.3. The maximum absolute atomic E-state index is 13.4. The number of benzene rings is 2. The summed E-state index contributed by atoms with van der Waals surface area (Å²) in [5.74, 6) is -4.01. The zero-order valence-electron chi connectivity index (χ0n) is 16.5. The molecular formula is C21H22F3N3O4. The molecular weight excluding hydrogens is 415 g/mol. The lowest BCUT2D eigenvalue weighted by Crippen LogP contribution is -2.48. The van der Waals surface area contributed by atoms with E-state index in [0.29, 0.717) is 37.4 Å². The van der Waals surface area contributed by atoms with Crippen LogP contribution in [-0.4, -0.2) is 54.4 Å². The van der Waals surface area contributed by atoms with E-state index >= 15 is 0 Å². The lowest BCUT2D eigenvalue weighted by molar-refractivity contribution is -0.0287. The number of hydrogen-bond acceptors (Lipinski definition) is 4. The molecule has 0 spiro atoms. The number of nitrogens with zero attached hydrogens (tertiary/aromatic N) is 1. The number of urea groups is 1. The molecule has 1 aliphatic rings. The molecule has 10 heteroatoms. The van der Waals surface area contributed by atoms with E-state index < -0.39 is 35.0 Å². The molecule has 0 unspecified atom stereocenters. The summed E-state index contributed by atoms with van der Waals surface area (Å²) in [6.45, 7) is 2.24. The molecule has 0 aliphatic carbocycles. The first-order valence-corrected chi connectivity index (χ1v) is 9.63. The number of carboxylic acid groups (broad SMARTS) is 1. The lowest BCUT2D eigenvalue weighted by atomic mass is 10.1. The molecule has 2 aromatic rings. The fourth-order valence-electron chi connectivity index (χ4n) is 3.24. The molecule has 3 N–H and O–H groups in total. The Labute approximate surface area is 176 Å². The first kappa shape index (κ1) is 22.6. The van der Waals surface area contributed by atoms with E-state index in [0.717, 1.165) is 18.2 Å². The SMILES string of the molecule is O=C(NCc1ccc(F)c(C(=O)O)c1)NC[C@H]1CN(Cc2ccc(F)c(F)c2)CCO1. The summed E-state index contributed by atoms with van der Waals surface area (Å²) in [7, 11) is 0. The zero-order valence-corrected chi connectivity index (χ0v) is 16.5. The summed E-state index contributed by atoms with van der Waals surface area (Å²) in [5.41, 5.74) is 0.627. The van der Waals surface area contributed by atoms with E-state index in [1.54, 1.807) is 0 Å². The number of hydrogen-bond donors (Lipinski definition) is 3. The molecule has 0 radical (unpaired) electrons. The largest absolute Gasteiger partial charge is 0.478 e.